The number of carbonyl (C=O) groups is 1. The minimum Gasteiger partial charge on any atom is -0.386 e. The molecule has 0 aromatic rings. The van der Waals surface area contributed by atoms with Crippen molar-refractivity contribution in [3.63, 3.8) is 0 Å². The van der Waals surface area contributed by atoms with Gasteiger partial charge in [0.2, 0.25) is 0 Å². The van der Waals surface area contributed by atoms with Gasteiger partial charge < -0.3 is 9.90 Å². The smallest absolute Gasteiger partial charge is 0.386 e. The van der Waals surface area contributed by atoms with Gasteiger partial charge in [0, 0.05) is 6.42 Å². The van der Waals surface area contributed by atoms with Crippen molar-refractivity contribution in [1.82, 2.24) is 0 Å². The number of hydrogen-bond donors (Lipinski definition) is 1. The SMILES string of the molecule is O=CC(O)CCC(F)(F)F. The molecule has 1 N–H and O–H groups in total. The quantitative estimate of drug-likeness (QED) is 0.616. The van der Waals surface area contributed by atoms with Crippen LogP contribution in [0.4, 0.5) is 13.2 Å². The highest BCUT2D eigenvalue weighted by molar-refractivity contribution is 5.55. The van der Waals surface area contributed by atoms with E-state index in [0.717, 1.165) is 0 Å². The number of hydrogen-bond acceptors (Lipinski definition) is 2. The van der Waals surface area contributed by atoms with Gasteiger partial charge in [-0.15, -0.1) is 0 Å². The highest BCUT2D eigenvalue weighted by Gasteiger charge is 2.27. The Morgan fingerprint density at radius 3 is 2.30 bits per heavy atom. The molecule has 5 heteroatoms. The van der Waals surface area contributed by atoms with E-state index >= 15 is 0 Å². The number of aliphatic hydroxyl groups is 1. The van der Waals surface area contributed by atoms with Gasteiger partial charge in [-0.2, -0.15) is 13.2 Å². The molecule has 0 bridgehead atoms. The number of carbonyl (C=O) groups excluding carboxylic acids is 1. The normalized spacial score (nSPS) is 14.8. The summed E-state index contributed by atoms with van der Waals surface area (Å²) in [4.78, 5) is 9.60. The van der Waals surface area contributed by atoms with Crippen LogP contribution in [0.5, 0.6) is 0 Å². The molecule has 2 nitrogen and oxygen atoms in total. The Kier molecular flexibility index (Phi) is 3.35. The lowest BCUT2D eigenvalue weighted by Crippen LogP contribution is -2.14. The Labute approximate surface area is 55.7 Å². The summed E-state index contributed by atoms with van der Waals surface area (Å²) in [6, 6.07) is 0. The lowest BCUT2D eigenvalue weighted by atomic mass is 10.2. The number of aldehydes is 1. The minimum atomic E-state index is -4.29. The van der Waals surface area contributed by atoms with Crippen molar-refractivity contribution in [3.8, 4) is 0 Å². The van der Waals surface area contributed by atoms with Crippen molar-refractivity contribution < 1.29 is 23.1 Å². The van der Waals surface area contributed by atoms with Gasteiger partial charge in [-0.1, -0.05) is 0 Å². The third-order valence-electron chi connectivity index (χ3n) is 0.881. The van der Waals surface area contributed by atoms with E-state index in [-0.39, 0.29) is 6.29 Å². The van der Waals surface area contributed by atoms with Crippen LogP contribution in [0.2, 0.25) is 0 Å². The zero-order chi connectivity index (χ0) is 8.20. The van der Waals surface area contributed by atoms with E-state index in [0.29, 0.717) is 0 Å². The average Bonchev–Trinajstić information content (AvgIpc) is 1.81. The summed E-state index contributed by atoms with van der Waals surface area (Å²) >= 11 is 0. The Bertz CT molecular complexity index is 110. The molecule has 0 aliphatic carbocycles. The van der Waals surface area contributed by atoms with E-state index < -0.39 is 25.1 Å². The molecule has 0 saturated heterocycles. The topological polar surface area (TPSA) is 37.3 Å². The molecule has 0 amide bonds. The van der Waals surface area contributed by atoms with Crippen LogP contribution >= 0.6 is 0 Å². The second-order valence-corrected chi connectivity index (χ2v) is 1.86. The van der Waals surface area contributed by atoms with Gasteiger partial charge in [-0.05, 0) is 6.42 Å². The molecule has 0 radical (unpaired) electrons. The summed E-state index contributed by atoms with van der Waals surface area (Å²) in [5.74, 6) is 0. The van der Waals surface area contributed by atoms with Crippen LogP contribution in [0.3, 0.4) is 0 Å². The fraction of sp³-hybridized carbons (Fsp3) is 0.800. The predicted molar refractivity (Wildman–Crippen MR) is 27.4 cm³/mol. The van der Waals surface area contributed by atoms with E-state index in [1.807, 2.05) is 0 Å². The molecular formula is C5H7F3O2. The van der Waals surface area contributed by atoms with Crippen LogP contribution in [0.1, 0.15) is 12.8 Å². The second-order valence-electron chi connectivity index (χ2n) is 1.86. The number of aliphatic hydroxyl groups excluding tert-OH is 1. The maximum Gasteiger partial charge on any atom is 0.389 e. The van der Waals surface area contributed by atoms with Crippen LogP contribution in [-0.2, 0) is 4.79 Å². The minimum absolute atomic E-state index is 0.0890. The molecule has 0 saturated carbocycles. The lowest BCUT2D eigenvalue weighted by molar-refractivity contribution is -0.141. The molecule has 0 spiro atoms. The highest BCUT2D eigenvalue weighted by Crippen LogP contribution is 2.21. The average molecular weight is 156 g/mol. The van der Waals surface area contributed by atoms with Crippen molar-refractivity contribution in [2.75, 3.05) is 0 Å². The largest absolute Gasteiger partial charge is 0.389 e. The van der Waals surface area contributed by atoms with Gasteiger partial charge in [0.05, 0.1) is 0 Å². The van der Waals surface area contributed by atoms with Gasteiger partial charge >= 0.3 is 6.18 Å². The summed E-state index contributed by atoms with van der Waals surface area (Å²) < 4.78 is 34.0. The van der Waals surface area contributed by atoms with Gasteiger partial charge in [0.1, 0.15) is 12.4 Å². The van der Waals surface area contributed by atoms with E-state index in [1.165, 1.54) is 0 Å². The summed E-state index contributed by atoms with van der Waals surface area (Å²) in [6.07, 6.45) is -7.35. The van der Waals surface area contributed by atoms with Gasteiger partial charge in [0.25, 0.3) is 0 Å². The summed E-state index contributed by atoms with van der Waals surface area (Å²) in [7, 11) is 0. The standard InChI is InChI=1S/C5H7F3O2/c6-5(7,8)2-1-4(10)3-9/h3-4,10H,1-2H2. The van der Waals surface area contributed by atoms with Crippen molar-refractivity contribution in [2.45, 2.75) is 25.1 Å². The highest BCUT2D eigenvalue weighted by atomic mass is 19.4. The second kappa shape index (κ2) is 3.55. The molecular weight excluding hydrogens is 149 g/mol. The molecule has 10 heavy (non-hydrogen) atoms. The van der Waals surface area contributed by atoms with Crippen molar-refractivity contribution >= 4 is 6.29 Å². The molecule has 0 aliphatic heterocycles. The monoisotopic (exact) mass is 156 g/mol. The zero-order valence-electron chi connectivity index (χ0n) is 5.06. The maximum atomic E-state index is 11.3. The first-order valence-corrected chi connectivity index (χ1v) is 2.66. The molecule has 1 atom stereocenters. The molecule has 0 rings (SSSR count). The third-order valence-corrected chi connectivity index (χ3v) is 0.881. The van der Waals surface area contributed by atoms with Crippen LogP contribution in [0.25, 0.3) is 0 Å². The van der Waals surface area contributed by atoms with Crippen molar-refractivity contribution in [2.24, 2.45) is 0 Å². The third kappa shape index (κ3) is 5.55. The number of rotatable bonds is 3. The Hall–Kier alpha value is -0.580. The van der Waals surface area contributed by atoms with E-state index in [4.69, 9.17) is 5.11 Å². The maximum absolute atomic E-state index is 11.3. The molecule has 0 fully saturated rings. The summed E-state index contributed by atoms with van der Waals surface area (Å²) in [5, 5.41) is 8.35. The van der Waals surface area contributed by atoms with Crippen molar-refractivity contribution in [3.05, 3.63) is 0 Å². The van der Waals surface area contributed by atoms with E-state index in [9.17, 15) is 18.0 Å². The Morgan fingerprint density at radius 1 is 1.50 bits per heavy atom. The van der Waals surface area contributed by atoms with E-state index in [1.54, 1.807) is 0 Å². The molecule has 0 aromatic heterocycles. The first-order valence-electron chi connectivity index (χ1n) is 2.66. The lowest BCUT2D eigenvalue weighted by Gasteiger charge is -2.05. The molecule has 60 valence electrons. The van der Waals surface area contributed by atoms with Gasteiger partial charge in [-0.3, -0.25) is 0 Å². The summed E-state index contributed by atoms with van der Waals surface area (Å²) in [6.45, 7) is 0. The van der Waals surface area contributed by atoms with Crippen LogP contribution in [-0.4, -0.2) is 23.7 Å². The Balaban J connectivity index is 3.45. The zero-order valence-corrected chi connectivity index (χ0v) is 5.06. The van der Waals surface area contributed by atoms with Gasteiger partial charge in [-0.25, -0.2) is 0 Å². The molecule has 0 aliphatic rings. The molecule has 0 aromatic carbocycles. The van der Waals surface area contributed by atoms with Crippen LogP contribution < -0.4 is 0 Å². The fourth-order valence-corrected chi connectivity index (χ4v) is 0.380. The van der Waals surface area contributed by atoms with E-state index in [2.05, 4.69) is 0 Å². The fourth-order valence-electron chi connectivity index (χ4n) is 0.380. The van der Waals surface area contributed by atoms with Crippen LogP contribution in [0, 0.1) is 0 Å². The number of halogens is 3. The molecule has 1 unspecified atom stereocenters. The van der Waals surface area contributed by atoms with Gasteiger partial charge in [0.15, 0.2) is 0 Å². The molecule has 0 heterocycles. The number of alkyl halides is 3. The summed E-state index contributed by atoms with van der Waals surface area (Å²) in [5.41, 5.74) is 0. The van der Waals surface area contributed by atoms with Crippen molar-refractivity contribution in [1.29, 1.82) is 0 Å². The first-order chi connectivity index (χ1) is 4.45. The predicted octanol–water partition coefficient (Wildman–Crippen LogP) is 0.889. The Morgan fingerprint density at radius 2 is 2.00 bits per heavy atom. The van der Waals surface area contributed by atoms with Crippen LogP contribution in [0.15, 0.2) is 0 Å². The first kappa shape index (κ1) is 9.42.